The van der Waals surface area contributed by atoms with Gasteiger partial charge in [-0.2, -0.15) is 0 Å². The number of carbonyl (C=O) groups excluding carboxylic acids is 1. The van der Waals surface area contributed by atoms with Gasteiger partial charge < -0.3 is 9.64 Å². The number of hydrogen-bond donors (Lipinski definition) is 0. The highest BCUT2D eigenvalue weighted by atomic mass is 32.1. The Morgan fingerprint density at radius 2 is 2.00 bits per heavy atom. The predicted octanol–water partition coefficient (Wildman–Crippen LogP) is 4.14. The van der Waals surface area contributed by atoms with Crippen molar-refractivity contribution in [2.75, 3.05) is 19.6 Å². The second-order valence-corrected chi connectivity index (χ2v) is 8.71. The minimum Gasteiger partial charge on any atom is -0.431 e. The molecule has 1 amide bonds. The van der Waals surface area contributed by atoms with Crippen molar-refractivity contribution in [3.05, 3.63) is 54.1 Å². The molecule has 0 bridgehead atoms. The predicted molar refractivity (Wildman–Crippen MR) is 111 cm³/mol. The molecule has 28 heavy (non-hydrogen) atoms. The van der Waals surface area contributed by atoms with Crippen molar-refractivity contribution >= 4 is 27.5 Å². The number of rotatable bonds is 4. The quantitative estimate of drug-likeness (QED) is 0.668. The number of fused-ring (bicyclic) bond motifs is 2. The zero-order chi connectivity index (χ0) is 19.1. The van der Waals surface area contributed by atoms with Crippen LogP contribution in [0.25, 0.3) is 10.2 Å². The Morgan fingerprint density at radius 1 is 1.18 bits per heavy atom. The fourth-order valence-corrected chi connectivity index (χ4v) is 5.32. The third-order valence-electron chi connectivity index (χ3n) is 5.84. The molecule has 6 heteroatoms. The Balaban J connectivity index is 1.22. The highest BCUT2D eigenvalue weighted by Crippen LogP contribution is 2.33. The highest BCUT2D eigenvalue weighted by Gasteiger charge is 2.42. The molecule has 0 radical (unpaired) electrons. The number of nitrogens with zero attached hydrogens (tertiary/aromatic N) is 3. The van der Waals surface area contributed by atoms with Gasteiger partial charge in [0.1, 0.15) is 5.75 Å². The summed E-state index contributed by atoms with van der Waals surface area (Å²) >= 11 is 1.56. The van der Waals surface area contributed by atoms with Crippen LogP contribution >= 0.6 is 11.3 Å². The average molecular weight is 394 g/mol. The van der Waals surface area contributed by atoms with Gasteiger partial charge in [-0.15, -0.1) is 0 Å². The van der Waals surface area contributed by atoms with Crippen LogP contribution in [0.3, 0.4) is 0 Å². The number of aromatic nitrogens is 1. The van der Waals surface area contributed by atoms with Gasteiger partial charge in [-0.1, -0.05) is 35.6 Å². The summed E-state index contributed by atoms with van der Waals surface area (Å²) in [5.41, 5.74) is 2.24. The molecule has 3 heterocycles. The number of benzene rings is 2. The number of thiazole rings is 1. The second kappa shape index (κ2) is 7.18. The van der Waals surface area contributed by atoms with E-state index < -0.39 is 0 Å². The zero-order valence-electron chi connectivity index (χ0n) is 15.9. The molecule has 144 valence electrons. The maximum absolute atomic E-state index is 11.8. The highest BCUT2D eigenvalue weighted by molar-refractivity contribution is 7.20. The SMILES string of the molecule is CC(=O)N1CCC2CN(Cc3ccc(Oc4nc5ccccc5s4)cc3)CC21. The van der Waals surface area contributed by atoms with E-state index in [0.29, 0.717) is 17.2 Å². The molecule has 0 spiro atoms. The minimum absolute atomic E-state index is 0.214. The summed E-state index contributed by atoms with van der Waals surface area (Å²) in [5, 5.41) is 0.672. The summed E-state index contributed by atoms with van der Waals surface area (Å²) in [6.45, 7) is 5.60. The van der Waals surface area contributed by atoms with Crippen LogP contribution in [-0.2, 0) is 11.3 Å². The van der Waals surface area contributed by atoms with Gasteiger partial charge in [0.25, 0.3) is 5.19 Å². The van der Waals surface area contributed by atoms with E-state index in [2.05, 4.69) is 33.0 Å². The lowest BCUT2D eigenvalue weighted by Gasteiger charge is -2.23. The topological polar surface area (TPSA) is 45.7 Å². The lowest BCUT2D eigenvalue weighted by molar-refractivity contribution is -0.129. The smallest absolute Gasteiger partial charge is 0.279 e. The fourth-order valence-electron chi connectivity index (χ4n) is 4.49. The molecule has 2 aliphatic rings. The second-order valence-electron chi connectivity index (χ2n) is 7.72. The number of amides is 1. The van der Waals surface area contributed by atoms with E-state index in [4.69, 9.17) is 4.74 Å². The lowest BCUT2D eigenvalue weighted by Crippen LogP contribution is -2.38. The third kappa shape index (κ3) is 3.38. The molecule has 2 aliphatic heterocycles. The summed E-state index contributed by atoms with van der Waals surface area (Å²) in [4.78, 5) is 20.8. The summed E-state index contributed by atoms with van der Waals surface area (Å²) in [6, 6.07) is 16.7. The molecule has 1 aromatic heterocycles. The molecule has 5 nitrogen and oxygen atoms in total. The van der Waals surface area contributed by atoms with Crippen molar-refractivity contribution in [3.8, 4) is 10.9 Å². The van der Waals surface area contributed by atoms with Crippen LogP contribution in [0.15, 0.2) is 48.5 Å². The molecule has 2 saturated heterocycles. The Morgan fingerprint density at radius 3 is 2.79 bits per heavy atom. The zero-order valence-corrected chi connectivity index (χ0v) is 16.7. The van der Waals surface area contributed by atoms with E-state index in [1.165, 1.54) is 5.56 Å². The van der Waals surface area contributed by atoms with Crippen LogP contribution in [-0.4, -0.2) is 46.4 Å². The number of likely N-dealkylation sites (tertiary alicyclic amines) is 2. The van der Waals surface area contributed by atoms with Crippen molar-refractivity contribution < 1.29 is 9.53 Å². The fraction of sp³-hybridized carbons (Fsp3) is 0.364. The largest absolute Gasteiger partial charge is 0.431 e. The van der Waals surface area contributed by atoms with E-state index >= 15 is 0 Å². The van der Waals surface area contributed by atoms with Crippen molar-refractivity contribution in [2.45, 2.75) is 25.9 Å². The number of para-hydroxylation sites is 1. The van der Waals surface area contributed by atoms with Crippen molar-refractivity contribution in [3.63, 3.8) is 0 Å². The van der Waals surface area contributed by atoms with Crippen LogP contribution < -0.4 is 4.74 Å². The molecule has 0 saturated carbocycles. The van der Waals surface area contributed by atoms with Crippen molar-refractivity contribution in [2.24, 2.45) is 5.92 Å². The van der Waals surface area contributed by atoms with Gasteiger partial charge >= 0.3 is 0 Å². The van der Waals surface area contributed by atoms with Crippen molar-refractivity contribution in [1.29, 1.82) is 0 Å². The molecule has 5 rings (SSSR count). The standard InChI is InChI=1S/C22H23N3O2S/c1-15(26)25-11-10-17-13-24(14-20(17)25)12-16-6-8-18(9-7-16)27-22-23-19-4-2-3-5-21(19)28-22/h2-9,17,20H,10-14H2,1H3. The number of ether oxygens (including phenoxy) is 1. The maximum atomic E-state index is 11.8. The van der Waals surface area contributed by atoms with Crippen LogP contribution in [0.5, 0.6) is 10.9 Å². The molecular weight excluding hydrogens is 370 g/mol. The molecule has 2 fully saturated rings. The lowest BCUT2D eigenvalue weighted by atomic mass is 10.1. The Labute approximate surface area is 168 Å². The van der Waals surface area contributed by atoms with Gasteiger partial charge in [-0.25, -0.2) is 4.98 Å². The van der Waals surface area contributed by atoms with Crippen LogP contribution in [0.1, 0.15) is 18.9 Å². The van der Waals surface area contributed by atoms with Crippen molar-refractivity contribution in [1.82, 2.24) is 14.8 Å². The van der Waals surface area contributed by atoms with Crippen LogP contribution in [0, 0.1) is 5.92 Å². The summed E-state index contributed by atoms with van der Waals surface area (Å²) < 4.78 is 7.07. The normalized spacial score (nSPS) is 22.0. The molecule has 2 aromatic carbocycles. The summed E-state index contributed by atoms with van der Waals surface area (Å²) in [6.07, 6.45) is 1.13. The van der Waals surface area contributed by atoms with E-state index in [9.17, 15) is 4.79 Å². The first kappa shape index (κ1) is 17.6. The Bertz CT molecular complexity index is 967. The van der Waals surface area contributed by atoms with Crippen LogP contribution in [0.4, 0.5) is 0 Å². The van der Waals surface area contributed by atoms with Gasteiger partial charge in [0, 0.05) is 39.1 Å². The third-order valence-corrected chi connectivity index (χ3v) is 6.75. The number of hydrogen-bond acceptors (Lipinski definition) is 5. The molecule has 3 aromatic rings. The van der Waals surface area contributed by atoms with Gasteiger partial charge in [0.15, 0.2) is 0 Å². The average Bonchev–Trinajstić information content (AvgIpc) is 3.36. The van der Waals surface area contributed by atoms with Gasteiger partial charge in [0.2, 0.25) is 5.91 Å². The molecule has 0 N–H and O–H groups in total. The first-order valence-corrected chi connectivity index (χ1v) is 10.6. The Kier molecular flexibility index (Phi) is 4.53. The van der Waals surface area contributed by atoms with E-state index in [1.807, 2.05) is 30.3 Å². The number of carbonyl (C=O) groups is 1. The monoisotopic (exact) mass is 393 g/mol. The Hall–Kier alpha value is -2.44. The molecule has 2 unspecified atom stereocenters. The molecule has 0 aliphatic carbocycles. The summed E-state index contributed by atoms with van der Waals surface area (Å²) in [5.74, 6) is 1.65. The van der Waals surface area contributed by atoms with Crippen LogP contribution in [0.2, 0.25) is 0 Å². The van der Waals surface area contributed by atoms with E-state index in [0.717, 1.165) is 48.6 Å². The van der Waals surface area contributed by atoms with E-state index in [-0.39, 0.29) is 5.91 Å². The van der Waals surface area contributed by atoms with Gasteiger partial charge in [-0.3, -0.25) is 9.69 Å². The molecular formula is C22H23N3O2S. The first-order chi connectivity index (χ1) is 13.7. The molecule has 2 atom stereocenters. The van der Waals surface area contributed by atoms with Gasteiger partial charge in [-0.05, 0) is 42.2 Å². The minimum atomic E-state index is 0.214. The van der Waals surface area contributed by atoms with E-state index in [1.54, 1.807) is 18.3 Å². The van der Waals surface area contributed by atoms with Gasteiger partial charge in [0.05, 0.1) is 10.2 Å². The maximum Gasteiger partial charge on any atom is 0.279 e. The summed E-state index contributed by atoms with van der Waals surface area (Å²) in [7, 11) is 0. The first-order valence-electron chi connectivity index (χ1n) is 9.77.